The Labute approximate surface area is 168 Å². The van der Waals surface area contributed by atoms with Gasteiger partial charge in [-0.25, -0.2) is 0 Å². The molecule has 1 heterocycles. The van der Waals surface area contributed by atoms with Crippen LogP contribution in [-0.4, -0.2) is 17.0 Å². The average molecular weight is 383 g/mol. The Morgan fingerprint density at radius 1 is 0.966 bits per heavy atom. The fourth-order valence-corrected chi connectivity index (χ4v) is 3.87. The number of anilines is 3. The van der Waals surface area contributed by atoms with Gasteiger partial charge in [-0.05, 0) is 39.0 Å². The van der Waals surface area contributed by atoms with Gasteiger partial charge in [0.05, 0.1) is 22.3 Å². The second-order valence-electron chi connectivity index (χ2n) is 7.75. The van der Waals surface area contributed by atoms with Crippen LogP contribution in [0.4, 0.5) is 17.1 Å². The third-order valence-electron chi connectivity index (χ3n) is 5.17. The molecule has 0 aliphatic heterocycles. The van der Waals surface area contributed by atoms with Crippen molar-refractivity contribution in [1.29, 1.82) is 0 Å². The van der Waals surface area contributed by atoms with Gasteiger partial charge in [0.2, 0.25) is 0 Å². The molecule has 0 unspecified atom stereocenters. The third-order valence-corrected chi connectivity index (χ3v) is 5.17. The standard InChI is InChI=1S/C24H21N3O2/c1-13(2)25-19-12-18(26-15-10-8-14(3)9-11-15)20-21-22(19)27-29-24(21)17-7-5-4-6-16(17)23(20)28/h4-13,25-26H,1-3H3. The van der Waals surface area contributed by atoms with Crippen LogP contribution in [0.25, 0.3) is 22.2 Å². The summed E-state index contributed by atoms with van der Waals surface area (Å²) in [7, 11) is 0. The number of nitrogens with one attached hydrogen (secondary N) is 2. The molecule has 5 heteroatoms. The van der Waals surface area contributed by atoms with E-state index in [-0.39, 0.29) is 11.8 Å². The van der Waals surface area contributed by atoms with Gasteiger partial charge in [-0.15, -0.1) is 0 Å². The number of aryl methyl sites for hydroxylation is 1. The molecule has 5 nitrogen and oxygen atoms in total. The Hall–Kier alpha value is -3.60. The maximum absolute atomic E-state index is 13.5. The summed E-state index contributed by atoms with van der Waals surface area (Å²) in [6, 6.07) is 17.8. The normalized spacial score (nSPS) is 12.3. The van der Waals surface area contributed by atoms with Gasteiger partial charge in [-0.3, -0.25) is 4.79 Å². The smallest absolute Gasteiger partial charge is 0.196 e. The second kappa shape index (κ2) is 6.48. The number of carbonyl (C=O) groups excluding carboxylic acids is 1. The van der Waals surface area contributed by atoms with Gasteiger partial charge in [0.25, 0.3) is 0 Å². The predicted molar refractivity (Wildman–Crippen MR) is 116 cm³/mol. The number of rotatable bonds is 4. The Morgan fingerprint density at radius 3 is 2.41 bits per heavy atom. The first-order valence-electron chi connectivity index (χ1n) is 9.73. The zero-order valence-corrected chi connectivity index (χ0v) is 16.5. The summed E-state index contributed by atoms with van der Waals surface area (Å²) >= 11 is 0. The molecule has 0 spiro atoms. The molecule has 0 saturated carbocycles. The molecule has 5 rings (SSSR count). The van der Waals surface area contributed by atoms with Gasteiger partial charge < -0.3 is 15.2 Å². The lowest BCUT2D eigenvalue weighted by Crippen LogP contribution is -2.14. The van der Waals surface area contributed by atoms with Gasteiger partial charge in [0, 0.05) is 22.9 Å². The first kappa shape index (κ1) is 17.5. The van der Waals surface area contributed by atoms with Crippen LogP contribution in [0, 0.1) is 6.92 Å². The van der Waals surface area contributed by atoms with Gasteiger partial charge in [-0.2, -0.15) is 0 Å². The van der Waals surface area contributed by atoms with Crippen molar-refractivity contribution >= 4 is 33.7 Å². The lowest BCUT2D eigenvalue weighted by atomic mass is 9.86. The maximum Gasteiger partial charge on any atom is 0.196 e. The van der Waals surface area contributed by atoms with Crippen LogP contribution < -0.4 is 10.6 Å². The van der Waals surface area contributed by atoms with E-state index in [1.54, 1.807) is 0 Å². The quantitative estimate of drug-likeness (QED) is 0.404. The fourth-order valence-electron chi connectivity index (χ4n) is 3.87. The monoisotopic (exact) mass is 383 g/mol. The number of carbonyl (C=O) groups is 1. The number of hydrogen-bond donors (Lipinski definition) is 2. The minimum absolute atomic E-state index is 0.0213. The molecule has 1 aromatic heterocycles. The Kier molecular flexibility index (Phi) is 3.91. The SMILES string of the molecule is Cc1ccc(Nc2cc(NC(C)C)c3noc4c3c2C(=O)c2ccccc2-4)cc1. The van der Waals surface area contributed by atoms with Crippen LogP contribution in [0.2, 0.25) is 0 Å². The summed E-state index contributed by atoms with van der Waals surface area (Å²) in [5.74, 6) is 0.622. The highest BCUT2D eigenvalue weighted by Gasteiger charge is 2.32. The minimum atomic E-state index is -0.0213. The van der Waals surface area contributed by atoms with Gasteiger partial charge in [0.1, 0.15) is 5.52 Å². The predicted octanol–water partition coefficient (Wildman–Crippen LogP) is 5.91. The summed E-state index contributed by atoms with van der Waals surface area (Å²) in [5, 5.41) is 12.0. The van der Waals surface area contributed by atoms with E-state index in [2.05, 4.69) is 29.6 Å². The highest BCUT2D eigenvalue weighted by atomic mass is 16.5. The topological polar surface area (TPSA) is 67.2 Å². The number of ketones is 1. The van der Waals surface area contributed by atoms with Crippen LogP contribution in [0.15, 0.2) is 59.1 Å². The van der Waals surface area contributed by atoms with Crippen molar-refractivity contribution in [3.05, 3.63) is 71.3 Å². The molecule has 0 fully saturated rings. The molecule has 1 aliphatic rings. The molecule has 4 aromatic rings. The van der Waals surface area contributed by atoms with Crippen molar-refractivity contribution in [3.63, 3.8) is 0 Å². The molecule has 0 radical (unpaired) electrons. The van der Waals surface area contributed by atoms with Gasteiger partial charge >= 0.3 is 0 Å². The molecular formula is C24H21N3O2. The van der Waals surface area contributed by atoms with E-state index in [1.165, 1.54) is 5.56 Å². The first-order chi connectivity index (χ1) is 14.0. The molecule has 0 atom stereocenters. The summed E-state index contributed by atoms with van der Waals surface area (Å²) in [6.07, 6.45) is 0. The summed E-state index contributed by atoms with van der Waals surface area (Å²) < 4.78 is 5.74. The van der Waals surface area contributed by atoms with E-state index < -0.39 is 0 Å². The molecule has 0 bridgehead atoms. The van der Waals surface area contributed by atoms with Crippen LogP contribution in [0.5, 0.6) is 0 Å². The minimum Gasteiger partial charge on any atom is -0.381 e. The van der Waals surface area contributed by atoms with Crippen LogP contribution >= 0.6 is 0 Å². The molecular weight excluding hydrogens is 362 g/mol. The molecule has 144 valence electrons. The molecule has 29 heavy (non-hydrogen) atoms. The number of fused-ring (bicyclic) bond motifs is 2. The van der Waals surface area contributed by atoms with E-state index in [0.29, 0.717) is 22.4 Å². The second-order valence-corrected chi connectivity index (χ2v) is 7.75. The fraction of sp³-hybridized carbons (Fsp3) is 0.167. The van der Waals surface area contributed by atoms with Gasteiger partial charge in [0.15, 0.2) is 11.5 Å². The number of nitrogens with zero attached hydrogens (tertiary/aromatic N) is 1. The lowest BCUT2D eigenvalue weighted by Gasteiger charge is -2.20. The zero-order chi connectivity index (χ0) is 20.1. The van der Waals surface area contributed by atoms with Crippen molar-refractivity contribution in [2.75, 3.05) is 10.6 Å². The lowest BCUT2D eigenvalue weighted by molar-refractivity contribution is 0.104. The van der Waals surface area contributed by atoms with Crippen LogP contribution in [-0.2, 0) is 0 Å². The molecule has 3 aromatic carbocycles. The molecule has 0 amide bonds. The van der Waals surface area contributed by atoms with Crippen molar-refractivity contribution in [3.8, 4) is 11.3 Å². The average Bonchev–Trinajstić information content (AvgIpc) is 3.14. The van der Waals surface area contributed by atoms with E-state index >= 15 is 0 Å². The molecule has 1 aliphatic carbocycles. The third kappa shape index (κ3) is 2.78. The van der Waals surface area contributed by atoms with Crippen molar-refractivity contribution in [2.45, 2.75) is 26.8 Å². The first-order valence-corrected chi connectivity index (χ1v) is 9.73. The van der Waals surface area contributed by atoms with Crippen LogP contribution in [0.1, 0.15) is 35.3 Å². The highest BCUT2D eigenvalue weighted by molar-refractivity contribution is 6.28. The van der Waals surface area contributed by atoms with Crippen LogP contribution in [0.3, 0.4) is 0 Å². The zero-order valence-electron chi connectivity index (χ0n) is 16.5. The largest absolute Gasteiger partial charge is 0.381 e. The molecule has 0 saturated heterocycles. The van der Waals surface area contributed by atoms with E-state index in [0.717, 1.165) is 28.0 Å². The maximum atomic E-state index is 13.5. The van der Waals surface area contributed by atoms with Crippen molar-refractivity contribution < 1.29 is 9.32 Å². The van der Waals surface area contributed by atoms with Crippen molar-refractivity contribution in [1.82, 2.24) is 5.16 Å². The van der Waals surface area contributed by atoms with Gasteiger partial charge in [-0.1, -0.05) is 47.1 Å². The Bertz CT molecular complexity index is 1250. The van der Waals surface area contributed by atoms with E-state index in [1.807, 2.05) is 61.5 Å². The number of benzene rings is 3. The number of aromatic nitrogens is 1. The highest BCUT2D eigenvalue weighted by Crippen LogP contribution is 2.45. The summed E-state index contributed by atoms with van der Waals surface area (Å²) in [5.41, 5.74) is 6.40. The summed E-state index contributed by atoms with van der Waals surface area (Å²) in [4.78, 5) is 13.5. The Morgan fingerprint density at radius 2 is 1.69 bits per heavy atom. The van der Waals surface area contributed by atoms with E-state index in [4.69, 9.17) is 4.52 Å². The summed E-state index contributed by atoms with van der Waals surface area (Å²) in [6.45, 7) is 6.19. The number of hydrogen-bond acceptors (Lipinski definition) is 5. The van der Waals surface area contributed by atoms with Crippen molar-refractivity contribution in [2.24, 2.45) is 0 Å². The van der Waals surface area contributed by atoms with E-state index in [9.17, 15) is 4.79 Å². The molecule has 2 N–H and O–H groups in total. The Balaban J connectivity index is 1.78.